The van der Waals surface area contributed by atoms with Gasteiger partial charge in [0.2, 0.25) is 0 Å². The summed E-state index contributed by atoms with van der Waals surface area (Å²) in [5.74, 6) is 0.198. The molecule has 28 heavy (non-hydrogen) atoms. The predicted molar refractivity (Wildman–Crippen MR) is 109 cm³/mol. The third-order valence-electron chi connectivity index (χ3n) is 3.88. The molecule has 0 radical (unpaired) electrons. The molecule has 2 rings (SSSR count). The molecule has 2 aromatic rings. The number of unbranched alkanes of at least 4 members (excludes halogenated alkanes) is 3. The van der Waals surface area contributed by atoms with Crippen LogP contribution in [0.3, 0.4) is 0 Å². The number of amides is 4. The Labute approximate surface area is 164 Å². The van der Waals surface area contributed by atoms with Crippen molar-refractivity contribution in [2.75, 3.05) is 23.7 Å². The number of carbonyl (C=O) groups excluding carboxylic acids is 2. The Hall–Kier alpha value is -3.42. The first-order valence-corrected chi connectivity index (χ1v) is 9.21. The summed E-state index contributed by atoms with van der Waals surface area (Å²) in [4.78, 5) is 23.5. The van der Waals surface area contributed by atoms with Gasteiger partial charge >= 0.3 is 12.1 Å². The molecule has 0 aliphatic rings. The number of aromatic hydroxyl groups is 2. The van der Waals surface area contributed by atoms with Crippen molar-refractivity contribution in [3.63, 3.8) is 0 Å². The fraction of sp³-hybridized carbons (Fsp3) is 0.300. The minimum absolute atomic E-state index is 0.0991. The molecule has 150 valence electrons. The third kappa shape index (κ3) is 8.31. The quantitative estimate of drug-likeness (QED) is 0.369. The lowest BCUT2D eigenvalue weighted by atomic mass is 10.2. The Kier molecular flexibility index (Phi) is 8.45. The first kappa shape index (κ1) is 20.9. The molecule has 8 nitrogen and oxygen atoms in total. The van der Waals surface area contributed by atoms with Gasteiger partial charge in [0.15, 0.2) is 0 Å². The number of benzene rings is 2. The number of urea groups is 2. The maximum atomic E-state index is 11.7. The number of hydrogen-bond acceptors (Lipinski definition) is 4. The van der Waals surface area contributed by atoms with Crippen LogP contribution in [0.2, 0.25) is 0 Å². The average molecular weight is 386 g/mol. The monoisotopic (exact) mass is 386 g/mol. The van der Waals surface area contributed by atoms with Crippen LogP contribution in [0.1, 0.15) is 25.7 Å². The van der Waals surface area contributed by atoms with E-state index in [-0.39, 0.29) is 23.6 Å². The Balaban J connectivity index is 1.47. The zero-order chi connectivity index (χ0) is 20.2. The van der Waals surface area contributed by atoms with Gasteiger partial charge in [-0.25, -0.2) is 9.59 Å². The van der Waals surface area contributed by atoms with Crippen molar-refractivity contribution < 1.29 is 19.8 Å². The van der Waals surface area contributed by atoms with E-state index in [0.717, 1.165) is 25.7 Å². The molecule has 0 heterocycles. The number of nitrogens with one attached hydrogen (secondary N) is 4. The zero-order valence-corrected chi connectivity index (χ0v) is 15.6. The van der Waals surface area contributed by atoms with Gasteiger partial charge in [-0.2, -0.15) is 0 Å². The van der Waals surface area contributed by atoms with E-state index < -0.39 is 0 Å². The van der Waals surface area contributed by atoms with Crippen molar-refractivity contribution in [3.8, 4) is 11.5 Å². The highest BCUT2D eigenvalue weighted by Gasteiger charge is 2.03. The molecule has 0 aromatic heterocycles. The highest BCUT2D eigenvalue weighted by molar-refractivity contribution is 5.89. The molecule has 0 fully saturated rings. The van der Waals surface area contributed by atoms with Gasteiger partial charge in [0.25, 0.3) is 0 Å². The van der Waals surface area contributed by atoms with Crippen molar-refractivity contribution in [1.82, 2.24) is 10.6 Å². The maximum Gasteiger partial charge on any atom is 0.319 e. The second-order valence-corrected chi connectivity index (χ2v) is 6.28. The summed E-state index contributed by atoms with van der Waals surface area (Å²) in [5.41, 5.74) is 1.07. The van der Waals surface area contributed by atoms with E-state index in [1.165, 1.54) is 24.3 Å². The van der Waals surface area contributed by atoms with Gasteiger partial charge in [-0.15, -0.1) is 0 Å². The molecular formula is C20H26N4O4. The second-order valence-electron chi connectivity index (χ2n) is 6.28. The Bertz CT molecular complexity index is 717. The maximum absolute atomic E-state index is 11.7. The molecule has 0 saturated heterocycles. The van der Waals surface area contributed by atoms with Gasteiger partial charge in [-0.1, -0.05) is 25.0 Å². The van der Waals surface area contributed by atoms with E-state index >= 15 is 0 Å². The number of anilines is 2. The van der Waals surface area contributed by atoms with E-state index in [1.54, 1.807) is 24.3 Å². The van der Waals surface area contributed by atoms with Crippen LogP contribution in [-0.2, 0) is 0 Å². The van der Waals surface area contributed by atoms with Gasteiger partial charge in [-0.05, 0) is 37.1 Å². The van der Waals surface area contributed by atoms with Crippen LogP contribution in [0.25, 0.3) is 0 Å². The predicted octanol–water partition coefficient (Wildman–Crippen LogP) is 3.60. The molecular weight excluding hydrogens is 360 g/mol. The molecule has 0 saturated carbocycles. The van der Waals surface area contributed by atoms with Gasteiger partial charge in [0.1, 0.15) is 11.5 Å². The largest absolute Gasteiger partial charge is 0.508 e. The third-order valence-corrected chi connectivity index (χ3v) is 3.88. The van der Waals surface area contributed by atoms with Crippen LogP contribution in [0.15, 0.2) is 48.5 Å². The van der Waals surface area contributed by atoms with E-state index in [2.05, 4.69) is 21.3 Å². The molecule has 0 aliphatic heterocycles. The smallest absolute Gasteiger partial charge is 0.319 e. The van der Waals surface area contributed by atoms with Gasteiger partial charge in [-0.3, -0.25) is 0 Å². The van der Waals surface area contributed by atoms with E-state index in [9.17, 15) is 19.8 Å². The first-order valence-electron chi connectivity index (χ1n) is 9.21. The standard InChI is InChI=1S/C20H26N4O4/c25-17-9-5-7-15(13-17)23-19(27)21-11-3-1-2-4-12-22-20(28)24-16-8-6-10-18(26)14-16/h5-10,13-14,25-26H,1-4,11-12H2,(H2,21,23,27)(H2,22,24,28). The molecule has 2 aromatic carbocycles. The molecule has 6 N–H and O–H groups in total. The Morgan fingerprint density at radius 3 is 1.50 bits per heavy atom. The highest BCUT2D eigenvalue weighted by atomic mass is 16.3. The van der Waals surface area contributed by atoms with Crippen LogP contribution in [0.4, 0.5) is 21.0 Å². The molecule has 0 spiro atoms. The van der Waals surface area contributed by atoms with Crippen LogP contribution in [0.5, 0.6) is 11.5 Å². The minimum Gasteiger partial charge on any atom is -0.508 e. The second kappa shape index (κ2) is 11.3. The average Bonchev–Trinajstić information content (AvgIpc) is 2.64. The molecule has 8 heteroatoms. The van der Waals surface area contributed by atoms with Crippen molar-refractivity contribution in [2.24, 2.45) is 0 Å². The van der Waals surface area contributed by atoms with Crippen LogP contribution < -0.4 is 21.3 Å². The van der Waals surface area contributed by atoms with Gasteiger partial charge < -0.3 is 31.5 Å². The Morgan fingerprint density at radius 1 is 0.679 bits per heavy atom. The summed E-state index contributed by atoms with van der Waals surface area (Å²) >= 11 is 0. The summed E-state index contributed by atoms with van der Waals surface area (Å²) in [6.45, 7) is 1.10. The zero-order valence-electron chi connectivity index (χ0n) is 15.6. The lowest BCUT2D eigenvalue weighted by Crippen LogP contribution is -2.30. The summed E-state index contributed by atoms with van der Waals surface area (Å²) in [5, 5.41) is 29.5. The number of hydrogen-bond donors (Lipinski definition) is 6. The van der Waals surface area contributed by atoms with Gasteiger partial charge in [0, 0.05) is 36.6 Å². The minimum atomic E-state index is -0.309. The highest BCUT2D eigenvalue weighted by Crippen LogP contribution is 2.15. The molecule has 0 unspecified atom stereocenters. The van der Waals surface area contributed by atoms with E-state index in [1.807, 2.05) is 0 Å². The van der Waals surface area contributed by atoms with Crippen LogP contribution >= 0.6 is 0 Å². The lowest BCUT2D eigenvalue weighted by Gasteiger charge is -2.09. The molecule has 0 aliphatic carbocycles. The molecule has 0 atom stereocenters. The Morgan fingerprint density at radius 2 is 1.11 bits per heavy atom. The van der Waals surface area contributed by atoms with Crippen LogP contribution in [0, 0.1) is 0 Å². The summed E-state index contributed by atoms with van der Waals surface area (Å²) in [6, 6.07) is 12.1. The van der Waals surface area contributed by atoms with E-state index in [0.29, 0.717) is 24.5 Å². The summed E-state index contributed by atoms with van der Waals surface area (Å²) in [7, 11) is 0. The normalized spacial score (nSPS) is 10.1. The first-order chi connectivity index (χ1) is 13.5. The molecule has 0 bridgehead atoms. The molecule has 4 amide bonds. The van der Waals surface area contributed by atoms with Crippen molar-refractivity contribution in [2.45, 2.75) is 25.7 Å². The van der Waals surface area contributed by atoms with Crippen molar-refractivity contribution in [1.29, 1.82) is 0 Å². The van der Waals surface area contributed by atoms with E-state index in [4.69, 9.17) is 0 Å². The van der Waals surface area contributed by atoms with Crippen LogP contribution in [-0.4, -0.2) is 35.4 Å². The SMILES string of the molecule is O=C(NCCCCCCNC(=O)Nc1cccc(O)c1)Nc1cccc(O)c1. The number of rotatable bonds is 9. The number of carbonyl (C=O) groups is 2. The van der Waals surface area contributed by atoms with Gasteiger partial charge in [0.05, 0.1) is 0 Å². The fourth-order valence-electron chi connectivity index (χ4n) is 2.53. The lowest BCUT2D eigenvalue weighted by molar-refractivity contribution is 0.250. The number of phenolic OH excluding ortho intramolecular Hbond substituents is 2. The van der Waals surface area contributed by atoms with Crippen molar-refractivity contribution in [3.05, 3.63) is 48.5 Å². The summed E-state index contributed by atoms with van der Waals surface area (Å²) in [6.07, 6.45) is 3.54. The summed E-state index contributed by atoms with van der Waals surface area (Å²) < 4.78 is 0. The number of phenols is 2. The van der Waals surface area contributed by atoms with Crippen molar-refractivity contribution >= 4 is 23.4 Å². The fourth-order valence-corrected chi connectivity index (χ4v) is 2.53. The topological polar surface area (TPSA) is 123 Å².